The maximum absolute atomic E-state index is 11.5. The lowest BCUT2D eigenvalue weighted by Gasteiger charge is -2.10. The highest BCUT2D eigenvalue weighted by molar-refractivity contribution is 6.30. The van der Waals surface area contributed by atoms with Gasteiger partial charge in [-0.05, 0) is 18.6 Å². The van der Waals surface area contributed by atoms with Crippen molar-refractivity contribution in [2.75, 3.05) is 6.54 Å². The molecule has 1 aromatic heterocycles. The van der Waals surface area contributed by atoms with Gasteiger partial charge < -0.3 is 10.4 Å². The number of hydrogen-bond acceptors (Lipinski definition) is 3. The molecule has 0 saturated heterocycles. The van der Waals surface area contributed by atoms with Crippen molar-refractivity contribution in [1.82, 2.24) is 10.3 Å². The van der Waals surface area contributed by atoms with Crippen LogP contribution in [-0.2, 0) is 0 Å². The minimum atomic E-state index is -0.499. The Morgan fingerprint density at radius 1 is 1.62 bits per heavy atom. The molecule has 0 aliphatic rings. The van der Waals surface area contributed by atoms with Gasteiger partial charge >= 0.3 is 0 Å². The van der Waals surface area contributed by atoms with Gasteiger partial charge in [0.05, 0.1) is 11.1 Å². The van der Waals surface area contributed by atoms with Gasteiger partial charge in [-0.25, -0.2) is 4.98 Å². The topological polar surface area (TPSA) is 62.2 Å². The Labute approximate surface area is 99.6 Å². The second kappa shape index (κ2) is 6.45. The van der Waals surface area contributed by atoms with E-state index in [4.69, 9.17) is 11.6 Å². The quantitative estimate of drug-likeness (QED) is 0.825. The monoisotopic (exact) mass is 242 g/mol. The third-order valence-corrected chi connectivity index (χ3v) is 2.30. The Hall–Kier alpha value is -1.13. The number of aliphatic hydroxyl groups excluding tert-OH is 1. The van der Waals surface area contributed by atoms with Crippen LogP contribution in [0.4, 0.5) is 0 Å². The van der Waals surface area contributed by atoms with Gasteiger partial charge in [0, 0.05) is 12.7 Å². The van der Waals surface area contributed by atoms with E-state index in [9.17, 15) is 9.90 Å². The highest BCUT2D eigenvalue weighted by Gasteiger charge is 2.09. The van der Waals surface area contributed by atoms with Crippen molar-refractivity contribution in [3.05, 3.63) is 29.0 Å². The average Bonchev–Trinajstić information content (AvgIpc) is 2.27. The molecule has 2 N–H and O–H groups in total. The van der Waals surface area contributed by atoms with Crippen LogP contribution >= 0.6 is 11.6 Å². The Bertz CT molecular complexity index is 340. The molecule has 1 amide bonds. The second-order valence-electron chi connectivity index (χ2n) is 3.51. The molecular formula is C11H15ClN2O2. The van der Waals surface area contributed by atoms with E-state index >= 15 is 0 Å². The Balaban J connectivity index is 2.43. The summed E-state index contributed by atoms with van der Waals surface area (Å²) in [5, 5.41) is 12.5. The van der Waals surface area contributed by atoms with Gasteiger partial charge in [-0.2, -0.15) is 0 Å². The fourth-order valence-electron chi connectivity index (χ4n) is 1.25. The lowest BCUT2D eigenvalue weighted by atomic mass is 10.2. The highest BCUT2D eigenvalue weighted by atomic mass is 35.5. The second-order valence-corrected chi connectivity index (χ2v) is 3.95. The molecular weight excluding hydrogens is 228 g/mol. The van der Waals surface area contributed by atoms with E-state index in [0.29, 0.717) is 17.1 Å². The summed E-state index contributed by atoms with van der Waals surface area (Å²) in [6, 6.07) is 3.15. The predicted molar refractivity (Wildman–Crippen MR) is 62.5 cm³/mol. The van der Waals surface area contributed by atoms with Crippen molar-refractivity contribution in [1.29, 1.82) is 0 Å². The number of halogens is 1. The molecule has 1 unspecified atom stereocenters. The van der Waals surface area contributed by atoms with Gasteiger partial charge in [0.1, 0.15) is 5.69 Å². The third-order valence-electron chi connectivity index (χ3n) is 2.08. The summed E-state index contributed by atoms with van der Waals surface area (Å²) in [7, 11) is 0. The van der Waals surface area contributed by atoms with E-state index in [1.165, 1.54) is 6.20 Å². The summed E-state index contributed by atoms with van der Waals surface area (Å²) in [6.07, 6.45) is 2.48. The summed E-state index contributed by atoms with van der Waals surface area (Å²) >= 11 is 5.65. The molecule has 1 atom stereocenters. The van der Waals surface area contributed by atoms with Crippen molar-refractivity contribution < 1.29 is 9.90 Å². The normalized spacial score (nSPS) is 12.2. The molecule has 16 heavy (non-hydrogen) atoms. The van der Waals surface area contributed by atoms with Gasteiger partial charge in [-0.3, -0.25) is 4.79 Å². The van der Waals surface area contributed by atoms with Crippen LogP contribution in [-0.4, -0.2) is 28.6 Å². The Morgan fingerprint density at radius 3 is 2.94 bits per heavy atom. The van der Waals surface area contributed by atoms with E-state index in [2.05, 4.69) is 10.3 Å². The van der Waals surface area contributed by atoms with Crippen LogP contribution < -0.4 is 5.32 Å². The molecule has 88 valence electrons. The summed E-state index contributed by atoms with van der Waals surface area (Å²) < 4.78 is 0. The maximum Gasteiger partial charge on any atom is 0.269 e. The van der Waals surface area contributed by atoms with Gasteiger partial charge in [-0.15, -0.1) is 0 Å². The number of carbonyl (C=O) groups is 1. The first-order valence-corrected chi connectivity index (χ1v) is 5.59. The van der Waals surface area contributed by atoms with Crippen LogP contribution in [0, 0.1) is 0 Å². The molecule has 0 aliphatic carbocycles. The van der Waals surface area contributed by atoms with Crippen molar-refractivity contribution in [3.63, 3.8) is 0 Å². The molecule has 1 aromatic rings. The number of nitrogens with one attached hydrogen (secondary N) is 1. The minimum absolute atomic E-state index is 0.247. The zero-order valence-electron chi connectivity index (χ0n) is 9.11. The van der Waals surface area contributed by atoms with Gasteiger partial charge in [0.25, 0.3) is 5.91 Å². The first-order chi connectivity index (χ1) is 7.63. The molecule has 0 spiro atoms. The van der Waals surface area contributed by atoms with E-state index in [1.807, 2.05) is 6.92 Å². The summed E-state index contributed by atoms with van der Waals surface area (Å²) in [5.41, 5.74) is 0.299. The number of nitrogens with zero attached hydrogens (tertiary/aromatic N) is 1. The van der Waals surface area contributed by atoms with Crippen LogP contribution in [0.5, 0.6) is 0 Å². The molecule has 0 fully saturated rings. The number of pyridine rings is 1. The number of aromatic nitrogens is 1. The van der Waals surface area contributed by atoms with Gasteiger partial charge in [0.2, 0.25) is 0 Å². The van der Waals surface area contributed by atoms with Crippen molar-refractivity contribution in [2.24, 2.45) is 0 Å². The van der Waals surface area contributed by atoms with E-state index in [-0.39, 0.29) is 12.5 Å². The van der Waals surface area contributed by atoms with Gasteiger partial charge in [0.15, 0.2) is 0 Å². The van der Waals surface area contributed by atoms with E-state index < -0.39 is 6.10 Å². The molecule has 0 bridgehead atoms. The highest BCUT2D eigenvalue weighted by Crippen LogP contribution is 2.06. The number of hydrogen-bond donors (Lipinski definition) is 2. The number of rotatable bonds is 5. The Kier molecular flexibility index (Phi) is 5.22. The van der Waals surface area contributed by atoms with Crippen molar-refractivity contribution in [3.8, 4) is 0 Å². The van der Waals surface area contributed by atoms with Crippen LogP contribution in [0.25, 0.3) is 0 Å². The van der Waals surface area contributed by atoms with Crippen LogP contribution in [0.15, 0.2) is 18.3 Å². The molecule has 1 rings (SSSR count). The fraction of sp³-hybridized carbons (Fsp3) is 0.455. The molecule has 5 heteroatoms. The predicted octanol–water partition coefficient (Wildman–Crippen LogP) is 1.63. The lowest BCUT2D eigenvalue weighted by molar-refractivity contribution is 0.0905. The SMILES string of the molecule is CCCC(O)CNC(=O)c1ccc(Cl)cn1. The van der Waals surface area contributed by atoms with E-state index in [0.717, 1.165) is 6.42 Å². The smallest absolute Gasteiger partial charge is 0.269 e. The van der Waals surface area contributed by atoms with Gasteiger partial charge in [-0.1, -0.05) is 24.9 Å². The zero-order chi connectivity index (χ0) is 12.0. The molecule has 0 saturated carbocycles. The fourth-order valence-corrected chi connectivity index (χ4v) is 1.36. The van der Waals surface area contributed by atoms with Crippen molar-refractivity contribution in [2.45, 2.75) is 25.9 Å². The summed E-state index contributed by atoms with van der Waals surface area (Å²) in [5.74, 6) is -0.299. The van der Waals surface area contributed by atoms with Crippen molar-refractivity contribution >= 4 is 17.5 Å². The summed E-state index contributed by atoms with van der Waals surface area (Å²) in [4.78, 5) is 15.4. The molecule has 0 radical (unpaired) electrons. The van der Waals surface area contributed by atoms with E-state index in [1.54, 1.807) is 12.1 Å². The molecule has 1 heterocycles. The third kappa shape index (κ3) is 4.16. The number of carbonyl (C=O) groups excluding carboxylic acids is 1. The summed E-state index contributed by atoms with van der Waals surface area (Å²) in [6.45, 7) is 2.22. The standard InChI is InChI=1S/C11H15ClN2O2/c1-2-3-9(15)7-14-11(16)10-5-4-8(12)6-13-10/h4-6,9,15H,2-3,7H2,1H3,(H,14,16). The first kappa shape index (κ1) is 12.9. The molecule has 4 nitrogen and oxygen atoms in total. The molecule has 0 aromatic carbocycles. The largest absolute Gasteiger partial charge is 0.391 e. The number of amides is 1. The minimum Gasteiger partial charge on any atom is -0.391 e. The molecule has 0 aliphatic heterocycles. The van der Waals surface area contributed by atoms with Crippen LogP contribution in [0.2, 0.25) is 5.02 Å². The number of aliphatic hydroxyl groups is 1. The Morgan fingerprint density at radius 2 is 2.38 bits per heavy atom. The maximum atomic E-state index is 11.5. The first-order valence-electron chi connectivity index (χ1n) is 5.21. The average molecular weight is 243 g/mol. The van der Waals surface area contributed by atoms with Crippen LogP contribution in [0.3, 0.4) is 0 Å². The lowest BCUT2D eigenvalue weighted by Crippen LogP contribution is -2.32. The van der Waals surface area contributed by atoms with Crippen LogP contribution in [0.1, 0.15) is 30.3 Å². The zero-order valence-corrected chi connectivity index (χ0v) is 9.87.